The monoisotopic (exact) mass is 255 g/mol. The van der Waals surface area contributed by atoms with Crippen LogP contribution in [-0.4, -0.2) is 50.5 Å². The number of aryl methyl sites for hydroxylation is 1. The standard InChI is InChI=1S/C9H10FN5O3/c10-6-7(16)12-9(18)15(8(6)17)4-1-3-14-5-2-11-13-14/h2,5-6H,1,3-4H2,(H,12,16,18). The smallest absolute Gasteiger partial charge is 0.275 e. The largest absolute Gasteiger partial charge is 0.330 e. The molecule has 2 rings (SSSR count). The number of rotatable bonds is 4. The Kier molecular flexibility index (Phi) is 3.31. The molecule has 1 aromatic heterocycles. The molecular formula is C9H10FN5O3. The number of carbonyl (C=O) groups excluding carboxylic acids is 3. The molecule has 9 heteroatoms. The predicted molar refractivity (Wildman–Crippen MR) is 54.8 cm³/mol. The van der Waals surface area contributed by atoms with Crippen molar-refractivity contribution in [1.82, 2.24) is 25.2 Å². The number of amides is 4. The Balaban J connectivity index is 1.90. The van der Waals surface area contributed by atoms with Crippen LogP contribution in [0.15, 0.2) is 12.4 Å². The molecule has 1 atom stereocenters. The summed E-state index contributed by atoms with van der Waals surface area (Å²) >= 11 is 0. The van der Waals surface area contributed by atoms with E-state index < -0.39 is 24.0 Å². The van der Waals surface area contributed by atoms with E-state index in [-0.39, 0.29) is 6.54 Å². The molecule has 1 aromatic rings. The SMILES string of the molecule is O=C1NC(=O)N(CCCn2ccnn2)C(=O)C1F. The third-order valence-electron chi connectivity index (χ3n) is 2.43. The van der Waals surface area contributed by atoms with E-state index in [4.69, 9.17) is 0 Å². The van der Waals surface area contributed by atoms with E-state index in [1.807, 2.05) is 0 Å². The van der Waals surface area contributed by atoms with Crippen LogP contribution < -0.4 is 5.32 Å². The number of nitrogens with zero attached hydrogens (tertiary/aromatic N) is 4. The van der Waals surface area contributed by atoms with Crippen LogP contribution in [-0.2, 0) is 16.1 Å². The number of hydrogen-bond donors (Lipinski definition) is 1. The Morgan fingerprint density at radius 1 is 1.33 bits per heavy atom. The number of hydrogen-bond acceptors (Lipinski definition) is 5. The van der Waals surface area contributed by atoms with Gasteiger partial charge in [-0.3, -0.25) is 24.5 Å². The molecule has 4 amide bonds. The zero-order chi connectivity index (χ0) is 13.1. The molecular weight excluding hydrogens is 245 g/mol. The first kappa shape index (κ1) is 12.1. The maximum Gasteiger partial charge on any atom is 0.330 e. The van der Waals surface area contributed by atoms with Gasteiger partial charge in [0.1, 0.15) is 0 Å². The van der Waals surface area contributed by atoms with Crippen molar-refractivity contribution in [3.05, 3.63) is 12.4 Å². The van der Waals surface area contributed by atoms with E-state index in [1.165, 1.54) is 10.9 Å². The molecule has 18 heavy (non-hydrogen) atoms. The van der Waals surface area contributed by atoms with Crippen LogP contribution in [0.2, 0.25) is 0 Å². The molecule has 0 aromatic carbocycles. The van der Waals surface area contributed by atoms with Crippen LogP contribution in [0.1, 0.15) is 6.42 Å². The van der Waals surface area contributed by atoms with Gasteiger partial charge in [-0.2, -0.15) is 0 Å². The molecule has 8 nitrogen and oxygen atoms in total. The minimum Gasteiger partial charge on any atom is -0.275 e. The van der Waals surface area contributed by atoms with Crippen LogP contribution in [0.5, 0.6) is 0 Å². The van der Waals surface area contributed by atoms with E-state index in [9.17, 15) is 18.8 Å². The van der Waals surface area contributed by atoms with Crippen LogP contribution >= 0.6 is 0 Å². The lowest BCUT2D eigenvalue weighted by Crippen LogP contribution is -2.59. The summed E-state index contributed by atoms with van der Waals surface area (Å²) in [5.74, 6) is -2.33. The Bertz CT molecular complexity index is 475. The van der Waals surface area contributed by atoms with Crippen LogP contribution in [0.25, 0.3) is 0 Å². The topological polar surface area (TPSA) is 97.2 Å². The fourth-order valence-electron chi connectivity index (χ4n) is 1.54. The maximum absolute atomic E-state index is 13.1. The van der Waals surface area contributed by atoms with Gasteiger partial charge in [0.25, 0.3) is 18.0 Å². The van der Waals surface area contributed by atoms with Crippen molar-refractivity contribution in [3.8, 4) is 0 Å². The highest BCUT2D eigenvalue weighted by molar-refractivity contribution is 6.17. The number of imide groups is 2. The van der Waals surface area contributed by atoms with Gasteiger partial charge in [-0.1, -0.05) is 5.21 Å². The molecule has 1 unspecified atom stereocenters. The number of carbonyl (C=O) groups is 3. The number of urea groups is 1. The van der Waals surface area contributed by atoms with Crippen LogP contribution in [0, 0.1) is 0 Å². The minimum atomic E-state index is -2.31. The minimum absolute atomic E-state index is 0.0121. The third-order valence-corrected chi connectivity index (χ3v) is 2.43. The van der Waals surface area contributed by atoms with Gasteiger partial charge in [-0.05, 0) is 6.42 Å². The van der Waals surface area contributed by atoms with Crippen molar-refractivity contribution in [2.45, 2.75) is 19.1 Å². The zero-order valence-electron chi connectivity index (χ0n) is 9.24. The molecule has 1 aliphatic heterocycles. The lowest BCUT2D eigenvalue weighted by molar-refractivity contribution is -0.143. The molecule has 0 bridgehead atoms. The molecule has 1 fully saturated rings. The highest BCUT2D eigenvalue weighted by Crippen LogP contribution is 2.08. The number of aromatic nitrogens is 3. The lowest BCUT2D eigenvalue weighted by atomic mass is 10.2. The van der Waals surface area contributed by atoms with Crippen molar-refractivity contribution >= 4 is 17.8 Å². The molecule has 1 aliphatic rings. The quantitative estimate of drug-likeness (QED) is 0.702. The first-order valence-electron chi connectivity index (χ1n) is 5.24. The first-order valence-corrected chi connectivity index (χ1v) is 5.24. The molecule has 96 valence electrons. The van der Waals surface area contributed by atoms with Gasteiger partial charge in [-0.25, -0.2) is 9.18 Å². The summed E-state index contributed by atoms with van der Waals surface area (Å²) in [5, 5.41) is 9.06. The predicted octanol–water partition coefficient (Wildman–Crippen LogP) is -0.915. The summed E-state index contributed by atoms with van der Waals surface area (Å²) in [7, 11) is 0. The fourth-order valence-corrected chi connectivity index (χ4v) is 1.54. The second-order valence-corrected chi connectivity index (χ2v) is 3.67. The first-order chi connectivity index (χ1) is 8.59. The Morgan fingerprint density at radius 2 is 2.11 bits per heavy atom. The summed E-state index contributed by atoms with van der Waals surface area (Å²) in [5.41, 5.74) is 0. The second-order valence-electron chi connectivity index (χ2n) is 3.67. The highest BCUT2D eigenvalue weighted by Gasteiger charge is 2.40. The third kappa shape index (κ3) is 2.34. The maximum atomic E-state index is 13.1. The average molecular weight is 255 g/mol. The second kappa shape index (κ2) is 4.90. The lowest BCUT2D eigenvalue weighted by Gasteiger charge is -2.26. The van der Waals surface area contributed by atoms with Crippen molar-refractivity contribution < 1.29 is 18.8 Å². The van der Waals surface area contributed by atoms with Crippen molar-refractivity contribution in [1.29, 1.82) is 0 Å². The molecule has 1 N–H and O–H groups in total. The summed E-state index contributed by atoms with van der Waals surface area (Å²) in [6.07, 6.45) is 1.20. The average Bonchev–Trinajstić information content (AvgIpc) is 2.84. The van der Waals surface area contributed by atoms with Gasteiger partial charge >= 0.3 is 6.03 Å². The van der Waals surface area contributed by atoms with Crippen molar-refractivity contribution in [2.75, 3.05) is 6.54 Å². The zero-order valence-corrected chi connectivity index (χ0v) is 9.24. The van der Waals surface area contributed by atoms with Crippen molar-refractivity contribution in [3.63, 3.8) is 0 Å². The Hall–Kier alpha value is -2.32. The Morgan fingerprint density at radius 3 is 2.78 bits per heavy atom. The number of barbiturate groups is 1. The van der Waals surface area contributed by atoms with Gasteiger partial charge in [-0.15, -0.1) is 5.10 Å². The van der Waals surface area contributed by atoms with E-state index in [0.29, 0.717) is 17.9 Å². The molecule has 1 saturated heterocycles. The van der Waals surface area contributed by atoms with Gasteiger partial charge in [0.05, 0.1) is 6.20 Å². The normalized spacial score (nSPS) is 20.2. The number of nitrogens with one attached hydrogen (secondary N) is 1. The summed E-state index contributed by atoms with van der Waals surface area (Å²) in [6, 6.07) is -0.891. The molecule has 0 radical (unpaired) electrons. The fraction of sp³-hybridized carbons (Fsp3) is 0.444. The van der Waals surface area contributed by atoms with Gasteiger partial charge < -0.3 is 0 Å². The van der Waals surface area contributed by atoms with Crippen LogP contribution in [0.3, 0.4) is 0 Å². The molecule has 0 saturated carbocycles. The van der Waals surface area contributed by atoms with E-state index in [1.54, 1.807) is 11.5 Å². The highest BCUT2D eigenvalue weighted by atomic mass is 19.1. The van der Waals surface area contributed by atoms with E-state index >= 15 is 0 Å². The van der Waals surface area contributed by atoms with Gasteiger partial charge in [0.2, 0.25) is 0 Å². The molecule has 0 aliphatic carbocycles. The Labute approximate surface area is 101 Å². The van der Waals surface area contributed by atoms with E-state index in [0.717, 1.165) is 0 Å². The van der Waals surface area contributed by atoms with Gasteiger partial charge in [0, 0.05) is 19.3 Å². The van der Waals surface area contributed by atoms with Gasteiger partial charge in [0.15, 0.2) is 0 Å². The van der Waals surface area contributed by atoms with Crippen molar-refractivity contribution in [2.24, 2.45) is 0 Å². The summed E-state index contributed by atoms with van der Waals surface area (Å²) in [6.45, 7) is 0.445. The number of alkyl halides is 1. The van der Waals surface area contributed by atoms with E-state index in [2.05, 4.69) is 10.3 Å². The van der Waals surface area contributed by atoms with Crippen LogP contribution in [0.4, 0.5) is 9.18 Å². The summed E-state index contributed by atoms with van der Waals surface area (Å²) < 4.78 is 14.6. The molecule has 0 spiro atoms. The number of halogens is 1. The molecule has 2 heterocycles. The summed E-state index contributed by atoms with van der Waals surface area (Å²) in [4.78, 5) is 34.2.